The highest BCUT2D eigenvalue weighted by atomic mass is 19.1. The zero-order chi connectivity index (χ0) is 14.2. The molecule has 7 heteroatoms. The number of nitro groups is 1. The fourth-order valence-electron chi connectivity index (χ4n) is 2.57. The van der Waals surface area contributed by atoms with Gasteiger partial charge in [-0.3, -0.25) is 10.1 Å². The molecule has 0 bridgehead atoms. The van der Waals surface area contributed by atoms with Crippen LogP contribution in [0.2, 0.25) is 0 Å². The van der Waals surface area contributed by atoms with E-state index >= 15 is 0 Å². The van der Waals surface area contributed by atoms with E-state index in [-0.39, 0.29) is 17.6 Å². The monoisotopic (exact) mass is 271 g/mol. The van der Waals surface area contributed by atoms with Crippen molar-refractivity contribution in [3.63, 3.8) is 0 Å². The molecule has 0 spiro atoms. The van der Waals surface area contributed by atoms with Crippen molar-refractivity contribution in [2.45, 2.75) is 19.4 Å². The molecule has 0 saturated carbocycles. The molecule has 1 aliphatic rings. The summed E-state index contributed by atoms with van der Waals surface area (Å²) in [5, 5.41) is 10.9. The average Bonchev–Trinajstić information content (AvgIpc) is 2.25. The molecule has 1 aromatic rings. The number of rotatable bonds is 2. The van der Waals surface area contributed by atoms with Crippen LogP contribution in [0.15, 0.2) is 12.1 Å². The van der Waals surface area contributed by atoms with E-state index in [1.54, 1.807) is 4.90 Å². The molecule has 5 nitrogen and oxygen atoms in total. The minimum atomic E-state index is -1.16. The van der Waals surface area contributed by atoms with Crippen LogP contribution in [0.25, 0.3) is 0 Å². The van der Waals surface area contributed by atoms with Crippen molar-refractivity contribution in [2.24, 2.45) is 11.7 Å². The third-order valence-corrected chi connectivity index (χ3v) is 3.22. The molecule has 0 radical (unpaired) electrons. The van der Waals surface area contributed by atoms with Gasteiger partial charge in [-0.25, -0.2) is 4.39 Å². The number of benzene rings is 1. The van der Waals surface area contributed by atoms with Crippen LogP contribution in [0.1, 0.15) is 13.3 Å². The van der Waals surface area contributed by atoms with E-state index in [9.17, 15) is 18.9 Å². The summed E-state index contributed by atoms with van der Waals surface area (Å²) in [7, 11) is 0. The van der Waals surface area contributed by atoms with Crippen LogP contribution in [0, 0.1) is 27.7 Å². The first-order chi connectivity index (χ1) is 8.88. The molecule has 1 aromatic carbocycles. The normalized spacial score (nSPS) is 23.5. The quantitative estimate of drug-likeness (QED) is 0.660. The number of hydrogen-bond donors (Lipinski definition) is 1. The molecule has 1 fully saturated rings. The molecule has 0 aliphatic carbocycles. The van der Waals surface area contributed by atoms with Crippen LogP contribution in [-0.2, 0) is 0 Å². The van der Waals surface area contributed by atoms with Crippen LogP contribution < -0.4 is 10.6 Å². The Morgan fingerprint density at radius 3 is 2.68 bits per heavy atom. The summed E-state index contributed by atoms with van der Waals surface area (Å²) in [5.41, 5.74) is 5.13. The molecular weight excluding hydrogens is 256 g/mol. The summed E-state index contributed by atoms with van der Waals surface area (Å²) in [4.78, 5) is 11.7. The molecule has 0 amide bonds. The lowest BCUT2D eigenvalue weighted by Gasteiger charge is -2.36. The molecule has 2 rings (SSSR count). The highest BCUT2D eigenvalue weighted by Gasteiger charge is 2.30. The average molecular weight is 271 g/mol. The van der Waals surface area contributed by atoms with Crippen molar-refractivity contribution in [1.29, 1.82) is 0 Å². The van der Waals surface area contributed by atoms with Crippen LogP contribution in [0.5, 0.6) is 0 Å². The van der Waals surface area contributed by atoms with E-state index in [2.05, 4.69) is 0 Å². The second-order valence-electron chi connectivity index (χ2n) is 5.02. The van der Waals surface area contributed by atoms with Crippen molar-refractivity contribution in [1.82, 2.24) is 0 Å². The Morgan fingerprint density at radius 1 is 1.42 bits per heavy atom. The van der Waals surface area contributed by atoms with Gasteiger partial charge in [-0.05, 0) is 12.3 Å². The van der Waals surface area contributed by atoms with Gasteiger partial charge in [0.1, 0.15) is 11.5 Å². The lowest BCUT2D eigenvalue weighted by Crippen LogP contribution is -2.46. The first kappa shape index (κ1) is 13.7. The van der Waals surface area contributed by atoms with Gasteiger partial charge >= 0.3 is 5.69 Å². The summed E-state index contributed by atoms with van der Waals surface area (Å²) in [5.74, 6) is -1.77. The fourth-order valence-corrected chi connectivity index (χ4v) is 2.57. The minimum absolute atomic E-state index is 0.0375. The van der Waals surface area contributed by atoms with Gasteiger partial charge in [0, 0.05) is 31.3 Å². The molecule has 104 valence electrons. The smallest absolute Gasteiger partial charge is 0.328 e. The van der Waals surface area contributed by atoms with E-state index < -0.39 is 22.2 Å². The van der Waals surface area contributed by atoms with Gasteiger partial charge in [-0.2, -0.15) is 4.39 Å². The Balaban J connectivity index is 2.45. The maximum absolute atomic E-state index is 13.6. The van der Waals surface area contributed by atoms with E-state index in [0.717, 1.165) is 12.5 Å². The second kappa shape index (κ2) is 5.08. The molecule has 2 atom stereocenters. The molecule has 2 N–H and O–H groups in total. The Hall–Kier alpha value is -1.76. The largest absolute Gasteiger partial charge is 0.364 e. The number of nitrogens with two attached hydrogens (primary N) is 1. The third kappa shape index (κ3) is 2.81. The van der Waals surface area contributed by atoms with Gasteiger partial charge in [0.25, 0.3) is 0 Å². The predicted molar refractivity (Wildman–Crippen MR) is 67.0 cm³/mol. The lowest BCUT2D eigenvalue weighted by atomic mass is 9.96. The number of hydrogen-bond acceptors (Lipinski definition) is 4. The van der Waals surface area contributed by atoms with Gasteiger partial charge in [-0.1, -0.05) is 6.92 Å². The molecule has 1 saturated heterocycles. The van der Waals surface area contributed by atoms with E-state index in [1.807, 2.05) is 6.92 Å². The first-order valence-corrected chi connectivity index (χ1v) is 6.02. The Kier molecular flexibility index (Phi) is 3.66. The first-order valence-electron chi connectivity index (χ1n) is 6.02. The summed E-state index contributed by atoms with van der Waals surface area (Å²) in [6, 6.07) is 1.36. The molecule has 1 heterocycles. The second-order valence-corrected chi connectivity index (χ2v) is 5.02. The zero-order valence-corrected chi connectivity index (χ0v) is 10.5. The maximum atomic E-state index is 13.6. The van der Waals surface area contributed by atoms with Gasteiger partial charge in [0.05, 0.1) is 4.92 Å². The predicted octanol–water partition coefficient (Wildman–Crippen LogP) is 2.05. The van der Waals surface area contributed by atoms with Gasteiger partial charge in [-0.15, -0.1) is 0 Å². The summed E-state index contributed by atoms with van der Waals surface area (Å²) in [6.07, 6.45) is 0.794. The molecular formula is C12H15F2N3O2. The maximum Gasteiger partial charge on any atom is 0.328 e. The van der Waals surface area contributed by atoms with Gasteiger partial charge < -0.3 is 10.6 Å². The van der Waals surface area contributed by atoms with E-state index in [1.165, 1.54) is 0 Å². The van der Waals surface area contributed by atoms with Crippen LogP contribution in [0.3, 0.4) is 0 Å². The van der Waals surface area contributed by atoms with Gasteiger partial charge in [0.2, 0.25) is 5.82 Å². The third-order valence-electron chi connectivity index (χ3n) is 3.22. The molecule has 19 heavy (non-hydrogen) atoms. The van der Waals surface area contributed by atoms with Crippen LogP contribution in [0.4, 0.5) is 20.2 Å². The molecule has 0 aromatic heterocycles. The van der Waals surface area contributed by atoms with Crippen molar-refractivity contribution in [2.75, 3.05) is 18.0 Å². The summed E-state index contributed by atoms with van der Waals surface area (Å²) >= 11 is 0. The highest BCUT2D eigenvalue weighted by molar-refractivity contribution is 5.64. The number of anilines is 1. The van der Waals surface area contributed by atoms with Crippen molar-refractivity contribution >= 4 is 11.4 Å². The van der Waals surface area contributed by atoms with E-state index in [0.29, 0.717) is 19.2 Å². The van der Waals surface area contributed by atoms with Crippen molar-refractivity contribution in [3.8, 4) is 0 Å². The van der Waals surface area contributed by atoms with Crippen molar-refractivity contribution in [3.05, 3.63) is 33.9 Å². The van der Waals surface area contributed by atoms with Gasteiger partial charge in [0.15, 0.2) is 0 Å². The number of nitrogens with zero attached hydrogens (tertiary/aromatic N) is 2. The number of piperidine rings is 1. The van der Waals surface area contributed by atoms with E-state index in [4.69, 9.17) is 5.73 Å². The number of halogens is 2. The highest BCUT2D eigenvalue weighted by Crippen LogP contribution is 2.34. The van der Waals surface area contributed by atoms with Crippen molar-refractivity contribution < 1.29 is 13.7 Å². The summed E-state index contributed by atoms with van der Waals surface area (Å²) in [6.45, 7) is 2.80. The Labute approximate surface area is 109 Å². The Bertz CT molecular complexity index is 500. The fraction of sp³-hybridized carbons (Fsp3) is 0.500. The Morgan fingerprint density at radius 2 is 2.11 bits per heavy atom. The minimum Gasteiger partial charge on any atom is -0.364 e. The summed E-state index contributed by atoms with van der Waals surface area (Å²) < 4.78 is 26.9. The van der Waals surface area contributed by atoms with Crippen LogP contribution in [-0.4, -0.2) is 24.1 Å². The SMILES string of the molecule is CC1CC(N)CN(c2cc(F)cc(F)c2[N+](=O)[O-])C1. The molecule has 2 unspecified atom stereocenters. The lowest BCUT2D eigenvalue weighted by molar-refractivity contribution is -0.386. The number of nitro benzene ring substituents is 1. The standard InChI is InChI=1S/C12H15F2N3O2/c1-7-2-9(15)6-16(5-7)11-4-8(13)3-10(14)12(11)17(18)19/h3-4,7,9H,2,5-6,15H2,1H3. The molecule has 1 aliphatic heterocycles. The topological polar surface area (TPSA) is 72.4 Å². The van der Waals surface area contributed by atoms with Crippen LogP contribution >= 0.6 is 0 Å². The zero-order valence-electron chi connectivity index (χ0n) is 10.5.